The summed E-state index contributed by atoms with van der Waals surface area (Å²) in [6, 6.07) is 13.7. The van der Waals surface area contributed by atoms with Crippen molar-refractivity contribution >= 4 is 27.5 Å². The highest BCUT2D eigenvalue weighted by atomic mass is 32.2. The molecule has 0 spiro atoms. The van der Waals surface area contributed by atoms with Crippen molar-refractivity contribution in [3.8, 4) is 0 Å². The van der Waals surface area contributed by atoms with Crippen molar-refractivity contribution in [1.82, 2.24) is 9.21 Å². The molecule has 2 amide bonds. The van der Waals surface area contributed by atoms with Crippen LogP contribution in [-0.4, -0.2) is 55.6 Å². The van der Waals surface area contributed by atoms with Crippen LogP contribution in [0.1, 0.15) is 64.8 Å². The highest BCUT2D eigenvalue weighted by molar-refractivity contribution is 7.88. The molecule has 0 radical (unpaired) electrons. The zero-order valence-corrected chi connectivity index (χ0v) is 19.6. The summed E-state index contributed by atoms with van der Waals surface area (Å²) in [6.45, 7) is 2.64. The largest absolute Gasteiger partial charge is 0.339 e. The zero-order chi connectivity index (χ0) is 23.3. The standard InChI is InChI=1S/C25H31N3O4S/c29-24(21-13-11-20(12-14-21)19-33(31,32)28-17-7-8-18-28)26-23-10-4-3-9-22(23)25(30)27-15-5-1-2-6-16-27/h3-4,9-14H,1-2,5-8,15-19H2,(H,26,29). The van der Waals surface area contributed by atoms with Crippen LogP contribution >= 0.6 is 0 Å². The molecule has 4 rings (SSSR count). The van der Waals surface area contributed by atoms with Crippen molar-refractivity contribution in [1.29, 1.82) is 0 Å². The Bertz CT molecular complexity index is 1080. The third kappa shape index (κ3) is 5.81. The summed E-state index contributed by atoms with van der Waals surface area (Å²) < 4.78 is 26.6. The Morgan fingerprint density at radius 2 is 1.39 bits per heavy atom. The maximum absolute atomic E-state index is 13.1. The molecule has 0 unspecified atom stereocenters. The molecule has 2 aromatic rings. The topological polar surface area (TPSA) is 86.8 Å². The maximum Gasteiger partial charge on any atom is 0.255 e. The Kier molecular flexibility index (Phi) is 7.45. The van der Waals surface area contributed by atoms with Crippen LogP contribution in [0.5, 0.6) is 0 Å². The molecule has 33 heavy (non-hydrogen) atoms. The van der Waals surface area contributed by atoms with Gasteiger partial charge in [0, 0.05) is 31.7 Å². The van der Waals surface area contributed by atoms with Crippen LogP contribution in [0.3, 0.4) is 0 Å². The van der Waals surface area contributed by atoms with E-state index < -0.39 is 10.0 Å². The average molecular weight is 470 g/mol. The Balaban J connectivity index is 1.44. The number of para-hydroxylation sites is 1. The van der Waals surface area contributed by atoms with Gasteiger partial charge in [0.15, 0.2) is 0 Å². The van der Waals surface area contributed by atoms with Crippen LogP contribution in [0.15, 0.2) is 48.5 Å². The van der Waals surface area contributed by atoms with Gasteiger partial charge in [-0.2, -0.15) is 0 Å². The summed E-state index contributed by atoms with van der Waals surface area (Å²) in [4.78, 5) is 27.8. The minimum absolute atomic E-state index is 0.0599. The number of carbonyl (C=O) groups is 2. The first-order chi connectivity index (χ1) is 15.9. The lowest BCUT2D eigenvalue weighted by Crippen LogP contribution is -2.32. The van der Waals surface area contributed by atoms with Crippen LogP contribution in [0.4, 0.5) is 5.69 Å². The molecule has 2 heterocycles. The number of carbonyl (C=O) groups excluding carboxylic acids is 2. The zero-order valence-electron chi connectivity index (χ0n) is 18.8. The van der Waals surface area contributed by atoms with Gasteiger partial charge in [-0.1, -0.05) is 37.1 Å². The van der Waals surface area contributed by atoms with E-state index in [1.165, 1.54) is 4.31 Å². The van der Waals surface area contributed by atoms with Gasteiger partial charge >= 0.3 is 0 Å². The first-order valence-corrected chi connectivity index (χ1v) is 13.3. The molecule has 2 aromatic carbocycles. The van der Waals surface area contributed by atoms with Crippen molar-refractivity contribution in [2.45, 2.75) is 44.3 Å². The second-order valence-electron chi connectivity index (χ2n) is 8.77. The number of rotatable bonds is 6. The molecule has 8 heteroatoms. The first kappa shape index (κ1) is 23.4. The minimum Gasteiger partial charge on any atom is -0.339 e. The molecule has 1 N–H and O–H groups in total. The van der Waals surface area contributed by atoms with Gasteiger partial charge in [-0.25, -0.2) is 12.7 Å². The lowest BCUT2D eigenvalue weighted by atomic mass is 10.1. The third-order valence-corrected chi connectivity index (χ3v) is 8.17. The third-order valence-electron chi connectivity index (χ3n) is 6.32. The number of likely N-dealkylation sites (tertiary alicyclic amines) is 1. The highest BCUT2D eigenvalue weighted by Crippen LogP contribution is 2.22. The molecule has 0 bridgehead atoms. The SMILES string of the molecule is O=C(Nc1ccccc1C(=O)N1CCCCCC1)c1ccc(CS(=O)(=O)N2CCCC2)cc1. The van der Waals surface area contributed by atoms with Crippen LogP contribution in [0, 0.1) is 0 Å². The molecular formula is C25H31N3O4S. The summed E-state index contributed by atoms with van der Waals surface area (Å²) in [7, 11) is -3.33. The van der Waals surface area contributed by atoms with Gasteiger partial charge in [0.1, 0.15) is 0 Å². The summed E-state index contributed by atoms with van der Waals surface area (Å²) in [6.07, 6.45) is 6.08. The van der Waals surface area contributed by atoms with E-state index in [2.05, 4.69) is 5.32 Å². The van der Waals surface area contributed by atoms with Crippen molar-refractivity contribution in [3.63, 3.8) is 0 Å². The van der Waals surface area contributed by atoms with Gasteiger partial charge in [-0.05, 0) is 55.5 Å². The Hall–Kier alpha value is -2.71. The van der Waals surface area contributed by atoms with Gasteiger partial charge in [0.25, 0.3) is 11.8 Å². The van der Waals surface area contributed by atoms with E-state index in [-0.39, 0.29) is 17.6 Å². The van der Waals surface area contributed by atoms with Crippen LogP contribution in [-0.2, 0) is 15.8 Å². The fourth-order valence-electron chi connectivity index (χ4n) is 4.44. The number of sulfonamides is 1. The van der Waals surface area contributed by atoms with Crippen molar-refractivity contribution in [2.24, 2.45) is 0 Å². The Labute approximate surface area is 195 Å². The van der Waals surface area contributed by atoms with E-state index in [1.807, 2.05) is 4.90 Å². The number of nitrogens with zero attached hydrogens (tertiary/aromatic N) is 2. The number of nitrogens with one attached hydrogen (secondary N) is 1. The molecular weight excluding hydrogens is 438 g/mol. The first-order valence-electron chi connectivity index (χ1n) is 11.7. The van der Waals surface area contributed by atoms with Crippen molar-refractivity contribution in [2.75, 3.05) is 31.5 Å². The molecule has 0 aromatic heterocycles. The number of anilines is 1. The minimum atomic E-state index is -3.33. The smallest absolute Gasteiger partial charge is 0.255 e. The van der Waals surface area contributed by atoms with E-state index in [0.717, 1.165) is 51.6 Å². The van der Waals surface area contributed by atoms with Crippen LogP contribution < -0.4 is 5.32 Å². The fourth-order valence-corrected chi connectivity index (χ4v) is 6.05. The number of hydrogen-bond acceptors (Lipinski definition) is 4. The lowest BCUT2D eigenvalue weighted by Gasteiger charge is -2.22. The predicted molar refractivity (Wildman–Crippen MR) is 129 cm³/mol. The van der Waals surface area contributed by atoms with Crippen molar-refractivity contribution < 1.29 is 18.0 Å². The normalized spacial score (nSPS) is 17.5. The molecule has 2 fully saturated rings. The summed E-state index contributed by atoms with van der Waals surface area (Å²) >= 11 is 0. The summed E-state index contributed by atoms with van der Waals surface area (Å²) in [5.41, 5.74) is 2.03. The molecule has 0 atom stereocenters. The van der Waals surface area contributed by atoms with Crippen LogP contribution in [0.25, 0.3) is 0 Å². The molecule has 2 aliphatic rings. The number of hydrogen-bond donors (Lipinski definition) is 1. The molecule has 0 aliphatic carbocycles. The van der Waals surface area contributed by atoms with Gasteiger partial charge < -0.3 is 10.2 Å². The molecule has 7 nitrogen and oxygen atoms in total. The van der Waals surface area contributed by atoms with E-state index in [9.17, 15) is 18.0 Å². The predicted octanol–water partition coefficient (Wildman–Crippen LogP) is 3.88. The lowest BCUT2D eigenvalue weighted by molar-refractivity contribution is 0.0762. The molecule has 2 aliphatic heterocycles. The van der Waals surface area contributed by atoms with Crippen LogP contribution in [0.2, 0.25) is 0 Å². The second-order valence-corrected chi connectivity index (χ2v) is 10.7. The monoisotopic (exact) mass is 469 g/mol. The maximum atomic E-state index is 13.1. The fraction of sp³-hybridized carbons (Fsp3) is 0.440. The quantitative estimate of drug-likeness (QED) is 0.696. The van der Waals surface area contributed by atoms with Gasteiger partial charge in [0.05, 0.1) is 17.0 Å². The summed E-state index contributed by atoms with van der Waals surface area (Å²) in [5, 5.41) is 2.86. The van der Waals surface area contributed by atoms with Gasteiger partial charge in [-0.3, -0.25) is 9.59 Å². The van der Waals surface area contributed by atoms with Crippen molar-refractivity contribution in [3.05, 3.63) is 65.2 Å². The van der Waals surface area contributed by atoms with Gasteiger partial charge in [-0.15, -0.1) is 0 Å². The Morgan fingerprint density at radius 1 is 0.788 bits per heavy atom. The second kappa shape index (κ2) is 10.5. The molecule has 0 saturated carbocycles. The van der Waals surface area contributed by atoms with E-state index in [1.54, 1.807) is 48.5 Å². The number of amides is 2. The van der Waals surface area contributed by atoms with E-state index >= 15 is 0 Å². The van der Waals surface area contributed by atoms with E-state index in [4.69, 9.17) is 0 Å². The van der Waals surface area contributed by atoms with Gasteiger partial charge in [0.2, 0.25) is 10.0 Å². The molecule has 176 valence electrons. The summed E-state index contributed by atoms with van der Waals surface area (Å²) in [5.74, 6) is -0.461. The van der Waals surface area contributed by atoms with E-state index in [0.29, 0.717) is 35.5 Å². The highest BCUT2D eigenvalue weighted by Gasteiger charge is 2.25. The number of benzene rings is 2. The molecule has 2 saturated heterocycles. The Morgan fingerprint density at radius 3 is 2.06 bits per heavy atom. The average Bonchev–Trinajstić information content (AvgIpc) is 3.24.